The first kappa shape index (κ1) is 18.7. The predicted molar refractivity (Wildman–Crippen MR) is 117 cm³/mol. The van der Waals surface area contributed by atoms with Gasteiger partial charge in [-0.2, -0.15) is 0 Å². The summed E-state index contributed by atoms with van der Waals surface area (Å²) in [5.74, 6) is 0.277. The quantitative estimate of drug-likeness (QED) is 0.662. The van der Waals surface area contributed by atoms with Gasteiger partial charge in [-0.05, 0) is 37.1 Å². The fourth-order valence-electron chi connectivity index (χ4n) is 4.72. The summed E-state index contributed by atoms with van der Waals surface area (Å²) in [5.41, 5.74) is 3.53. The molecular weight excluding hydrogens is 380 g/mol. The molecule has 1 fully saturated rings. The molecular formula is C23H28N4OS+2. The molecule has 3 heterocycles. The molecule has 0 radical (unpaired) electrons. The van der Waals surface area contributed by atoms with Gasteiger partial charge in [-0.25, -0.2) is 4.98 Å². The van der Waals surface area contributed by atoms with Crippen molar-refractivity contribution in [2.45, 2.75) is 25.9 Å². The Hall–Kier alpha value is -2.28. The minimum atomic E-state index is 0.0187. The molecule has 1 atom stereocenters. The summed E-state index contributed by atoms with van der Waals surface area (Å²) < 4.78 is 1.27. The van der Waals surface area contributed by atoms with Gasteiger partial charge in [0, 0.05) is 12.2 Å². The van der Waals surface area contributed by atoms with E-state index in [1.807, 2.05) is 22.3 Å². The highest BCUT2D eigenvalue weighted by Gasteiger charge is 2.36. The van der Waals surface area contributed by atoms with Crippen LogP contribution in [-0.4, -0.2) is 49.7 Å². The van der Waals surface area contributed by atoms with E-state index < -0.39 is 0 Å². The molecule has 150 valence electrons. The van der Waals surface area contributed by atoms with Crippen molar-refractivity contribution in [3.63, 3.8) is 0 Å². The number of fused-ring (bicyclic) bond motifs is 2. The number of hydrogen-bond donors (Lipinski definition) is 2. The molecule has 29 heavy (non-hydrogen) atoms. The van der Waals surface area contributed by atoms with Crippen LogP contribution in [-0.2, 0) is 17.8 Å². The van der Waals surface area contributed by atoms with Crippen LogP contribution in [0.2, 0.25) is 0 Å². The number of piperazine rings is 1. The summed E-state index contributed by atoms with van der Waals surface area (Å²) in [5, 5.41) is 1.22. The molecule has 3 aromatic rings. The Morgan fingerprint density at radius 3 is 2.69 bits per heavy atom. The van der Waals surface area contributed by atoms with Gasteiger partial charge >= 0.3 is 0 Å². The number of nitrogens with one attached hydrogen (secondary N) is 2. The number of amides is 1. The molecule has 2 aliphatic heterocycles. The molecule has 2 aromatic carbocycles. The number of benzene rings is 2. The third-order valence-electron chi connectivity index (χ3n) is 6.47. The lowest BCUT2D eigenvalue weighted by atomic mass is 10.1. The van der Waals surface area contributed by atoms with Crippen LogP contribution in [0, 0.1) is 0 Å². The van der Waals surface area contributed by atoms with E-state index in [9.17, 15) is 4.79 Å². The van der Waals surface area contributed by atoms with Gasteiger partial charge < -0.3 is 14.7 Å². The molecule has 6 heteroatoms. The van der Waals surface area contributed by atoms with Crippen molar-refractivity contribution in [2.75, 3.05) is 37.6 Å². The van der Waals surface area contributed by atoms with E-state index in [-0.39, 0.29) is 11.9 Å². The number of nitrogens with zero attached hydrogens (tertiary/aromatic N) is 2. The van der Waals surface area contributed by atoms with Gasteiger partial charge in [-0.15, -0.1) is 11.3 Å². The monoisotopic (exact) mass is 408 g/mol. The van der Waals surface area contributed by atoms with E-state index in [1.165, 1.54) is 20.2 Å². The highest BCUT2D eigenvalue weighted by atomic mass is 32.1. The number of carbonyl (C=O) groups is 1. The fourth-order valence-corrected chi connectivity index (χ4v) is 5.76. The molecule has 2 N–H and O–H groups in total. The summed E-state index contributed by atoms with van der Waals surface area (Å²) in [7, 11) is 0. The van der Waals surface area contributed by atoms with Gasteiger partial charge in [0.25, 0.3) is 5.91 Å². The van der Waals surface area contributed by atoms with Gasteiger partial charge in [0.05, 0.1) is 10.2 Å². The van der Waals surface area contributed by atoms with Crippen LogP contribution in [0.5, 0.6) is 0 Å². The Morgan fingerprint density at radius 1 is 1.10 bits per heavy atom. The smallest absolute Gasteiger partial charge is 0.284 e. The SMILES string of the molecule is C[C@@H](C(=O)N1CCc2ccccc21)[NH+]1CC[NH+](Cc2nc3ccccc3s2)CC1. The largest absolute Gasteiger partial charge is 0.320 e. The number of aromatic nitrogens is 1. The second kappa shape index (κ2) is 7.86. The zero-order valence-corrected chi connectivity index (χ0v) is 17.7. The molecule has 0 unspecified atom stereocenters. The predicted octanol–water partition coefficient (Wildman–Crippen LogP) is 0.558. The topological polar surface area (TPSA) is 42.1 Å². The van der Waals surface area contributed by atoms with E-state index >= 15 is 0 Å². The summed E-state index contributed by atoms with van der Waals surface area (Å²) in [4.78, 5) is 23.0. The Kier molecular flexibility index (Phi) is 5.08. The van der Waals surface area contributed by atoms with E-state index in [0.717, 1.165) is 56.9 Å². The van der Waals surface area contributed by atoms with Crippen molar-refractivity contribution in [3.05, 3.63) is 59.1 Å². The maximum atomic E-state index is 13.2. The number of thiazole rings is 1. The number of hydrogen-bond acceptors (Lipinski definition) is 3. The highest BCUT2D eigenvalue weighted by Crippen LogP contribution is 2.27. The second-order valence-corrected chi connectivity index (χ2v) is 9.37. The zero-order chi connectivity index (χ0) is 19.8. The lowest BCUT2D eigenvalue weighted by Gasteiger charge is -2.33. The van der Waals surface area contributed by atoms with Crippen LogP contribution in [0.15, 0.2) is 48.5 Å². The van der Waals surface area contributed by atoms with Crippen LogP contribution in [0.3, 0.4) is 0 Å². The van der Waals surface area contributed by atoms with Crippen molar-refractivity contribution in [1.29, 1.82) is 0 Å². The van der Waals surface area contributed by atoms with E-state index in [1.54, 1.807) is 4.90 Å². The van der Waals surface area contributed by atoms with Crippen molar-refractivity contribution >= 4 is 33.1 Å². The maximum Gasteiger partial charge on any atom is 0.284 e. The first-order valence-electron chi connectivity index (χ1n) is 10.6. The summed E-state index contributed by atoms with van der Waals surface area (Å²) in [6.45, 7) is 8.21. The lowest BCUT2D eigenvalue weighted by Crippen LogP contribution is -3.29. The zero-order valence-electron chi connectivity index (χ0n) is 16.9. The van der Waals surface area contributed by atoms with Gasteiger partial charge in [0.1, 0.15) is 37.7 Å². The Balaban J connectivity index is 1.18. The number of carbonyl (C=O) groups excluding carboxylic acids is 1. The van der Waals surface area contributed by atoms with Crippen molar-refractivity contribution in [1.82, 2.24) is 4.98 Å². The molecule has 5 nitrogen and oxygen atoms in total. The second-order valence-electron chi connectivity index (χ2n) is 8.25. The van der Waals surface area contributed by atoms with Crippen molar-refractivity contribution in [3.8, 4) is 0 Å². The molecule has 0 spiro atoms. The number of rotatable bonds is 4. The van der Waals surface area contributed by atoms with Crippen LogP contribution in [0.4, 0.5) is 5.69 Å². The normalized spacial score (nSPS) is 22.6. The highest BCUT2D eigenvalue weighted by molar-refractivity contribution is 7.18. The average Bonchev–Trinajstić information content (AvgIpc) is 3.37. The lowest BCUT2D eigenvalue weighted by molar-refractivity contribution is -1.02. The first-order chi connectivity index (χ1) is 14.2. The molecule has 1 aromatic heterocycles. The van der Waals surface area contributed by atoms with E-state index in [4.69, 9.17) is 4.98 Å². The third kappa shape index (κ3) is 3.68. The van der Waals surface area contributed by atoms with Crippen LogP contribution in [0.25, 0.3) is 10.2 Å². The minimum Gasteiger partial charge on any atom is -0.320 e. The Bertz CT molecular complexity index is 991. The fraction of sp³-hybridized carbons (Fsp3) is 0.391. The van der Waals surface area contributed by atoms with Crippen LogP contribution >= 0.6 is 11.3 Å². The molecule has 1 saturated heterocycles. The first-order valence-corrected chi connectivity index (χ1v) is 11.4. The summed E-state index contributed by atoms with van der Waals surface area (Å²) >= 11 is 1.81. The maximum absolute atomic E-state index is 13.2. The average molecular weight is 409 g/mol. The van der Waals surface area contributed by atoms with Crippen LogP contribution in [0.1, 0.15) is 17.5 Å². The standard InChI is InChI=1S/C23H26N4OS/c1-17(23(28)27-11-10-18-6-2-4-8-20(18)27)26-14-12-25(13-15-26)16-22-24-19-7-3-5-9-21(19)29-22/h2-9,17H,10-16H2,1H3/p+2/t17-/m0/s1. The van der Waals surface area contributed by atoms with Crippen molar-refractivity contribution in [2.24, 2.45) is 0 Å². The van der Waals surface area contributed by atoms with Gasteiger partial charge in [-0.3, -0.25) is 4.79 Å². The Morgan fingerprint density at radius 2 is 1.86 bits per heavy atom. The molecule has 0 bridgehead atoms. The van der Waals surface area contributed by atoms with Gasteiger partial charge in [0.2, 0.25) is 0 Å². The third-order valence-corrected chi connectivity index (χ3v) is 7.51. The summed E-state index contributed by atoms with van der Waals surface area (Å²) in [6, 6.07) is 16.7. The van der Waals surface area contributed by atoms with E-state index in [0.29, 0.717) is 0 Å². The van der Waals surface area contributed by atoms with Gasteiger partial charge in [-0.1, -0.05) is 30.3 Å². The number of para-hydroxylation sites is 2. The molecule has 2 aliphatic rings. The van der Waals surface area contributed by atoms with E-state index in [2.05, 4.69) is 49.4 Å². The van der Waals surface area contributed by atoms with Crippen LogP contribution < -0.4 is 14.7 Å². The minimum absolute atomic E-state index is 0.0187. The summed E-state index contributed by atoms with van der Waals surface area (Å²) in [6.07, 6.45) is 0.976. The Labute approximate surface area is 175 Å². The number of anilines is 1. The molecule has 5 rings (SSSR count). The molecule has 0 aliphatic carbocycles. The van der Waals surface area contributed by atoms with Gasteiger partial charge in [0.15, 0.2) is 6.04 Å². The molecule has 1 amide bonds. The molecule has 0 saturated carbocycles. The van der Waals surface area contributed by atoms with Crippen molar-refractivity contribution < 1.29 is 14.6 Å². The number of quaternary nitrogens is 2.